The first-order valence-electron chi connectivity index (χ1n) is 5.78. The quantitative estimate of drug-likeness (QED) is 0.779. The van der Waals surface area contributed by atoms with E-state index in [1.807, 2.05) is 11.6 Å². The van der Waals surface area contributed by atoms with Crippen LogP contribution < -0.4 is 5.32 Å². The Labute approximate surface area is 114 Å². The minimum atomic E-state index is -0.687. The topological polar surface area (TPSA) is 46.9 Å². The zero-order chi connectivity index (χ0) is 12.8. The lowest BCUT2D eigenvalue weighted by atomic mass is 10.3. The summed E-state index contributed by atoms with van der Waals surface area (Å²) in [5.74, 6) is 0.764. The molecule has 17 heavy (non-hydrogen) atoms. The van der Waals surface area contributed by atoms with Gasteiger partial charge < -0.3 is 5.32 Å². The van der Waals surface area contributed by atoms with Crippen molar-refractivity contribution >= 4 is 26.7 Å². The average Bonchev–Trinajstić information content (AvgIpc) is 2.55. The van der Waals surface area contributed by atoms with Crippen molar-refractivity contribution in [3.63, 3.8) is 0 Å². The van der Waals surface area contributed by atoms with Gasteiger partial charge in [-0.2, -0.15) is 5.10 Å². The van der Waals surface area contributed by atoms with Crippen LogP contribution in [0.25, 0.3) is 0 Å². The van der Waals surface area contributed by atoms with E-state index < -0.39 is 10.8 Å². The van der Waals surface area contributed by atoms with Crippen LogP contribution in [0.2, 0.25) is 0 Å². The highest BCUT2D eigenvalue weighted by Crippen LogP contribution is 2.20. The minimum absolute atomic E-state index is 0.687. The second-order valence-corrected chi connectivity index (χ2v) is 6.32. The maximum Gasteiger partial charge on any atom is 0.0739 e. The molecule has 1 aromatic heterocycles. The SMILES string of the molecule is CCn1nc(C)c(Br)c1CNCCCS(C)=O. The van der Waals surface area contributed by atoms with Crippen molar-refractivity contribution in [2.45, 2.75) is 33.4 Å². The Kier molecular flexibility index (Phi) is 6.37. The summed E-state index contributed by atoms with van der Waals surface area (Å²) in [6.45, 7) is 6.65. The fourth-order valence-corrected chi connectivity index (χ4v) is 2.62. The van der Waals surface area contributed by atoms with Crippen LogP contribution in [0.4, 0.5) is 0 Å². The van der Waals surface area contributed by atoms with Crippen LogP contribution in [-0.2, 0) is 23.9 Å². The first kappa shape index (κ1) is 14.9. The van der Waals surface area contributed by atoms with E-state index in [4.69, 9.17) is 0 Å². The predicted octanol–water partition coefficient (Wildman–Crippen LogP) is 1.83. The third kappa shape index (κ3) is 4.52. The molecule has 1 aromatic rings. The van der Waals surface area contributed by atoms with Gasteiger partial charge in [-0.3, -0.25) is 8.89 Å². The van der Waals surface area contributed by atoms with E-state index in [2.05, 4.69) is 33.3 Å². The van der Waals surface area contributed by atoms with E-state index in [0.717, 1.165) is 42.0 Å². The van der Waals surface area contributed by atoms with E-state index >= 15 is 0 Å². The molecule has 0 fully saturated rings. The van der Waals surface area contributed by atoms with Crippen molar-refractivity contribution in [2.75, 3.05) is 18.6 Å². The molecule has 1 N–H and O–H groups in total. The van der Waals surface area contributed by atoms with Gasteiger partial charge in [-0.05, 0) is 42.7 Å². The number of aromatic nitrogens is 2. The van der Waals surface area contributed by atoms with Crippen LogP contribution in [0.3, 0.4) is 0 Å². The molecule has 0 radical (unpaired) electrons. The molecule has 0 aliphatic heterocycles. The molecule has 4 nitrogen and oxygen atoms in total. The molecule has 0 aromatic carbocycles. The molecule has 0 amide bonds. The summed E-state index contributed by atoms with van der Waals surface area (Å²) in [5, 5.41) is 7.80. The van der Waals surface area contributed by atoms with E-state index in [0.29, 0.717) is 0 Å². The fraction of sp³-hybridized carbons (Fsp3) is 0.727. The van der Waals surface area contributed by atoms with Crippen molar-refractivity contribution in [1.29, 1.82) is 0 Å². The van der Waals surface area contributed by atoms with E-state index in [1.165, 1.54) is 5.69 Å². The summed E-state index contributed by atoms with van der Waals surface area (Å²) in [5.41, 5.74) is 2.21. The molecule has 6 heteroatoms. The maximum absolute atomic E-state index is 10.9. The molecule has 0 aliphatic rings. The van der Waals surface area contributed by atoms with Gasteiger partial charge in [0.25, 0.3) is 0 Å². The number of hydrogen-bond acceptors (Lipinski definition) is 3. The van der Waals surface area contributed by atoms with Gasteiger partial charge in [-0.1, -0.05) is 0 Å². The summed E-state index contributed by atoms with van der Waals surface area (Å²) >= 11 is 3.56. The van der Waals surface area contributed by atoms with Crippen LogP contribution in [0.5, 0.6) is 0 Å². The van der Waals surface area contributed by atoms with Crippen molar-refractivity contribution in [2.24, 2.45) is 0 Å². The fourth-order valence-electron chi connectivity index (χ4n) is 1.65. The molecular weight excluding hydrogens is 302 g/mol. The molecule has 0 aliphatic carbocycles. The first-order chi connectivity index (χ1) is 8.06. The molecule has 1 unspecified atom stereocenters. The first-order valence-corrected chi connectivity index (χ1v) is 8.30. The molecule has 98 valence electrons. The maximum atomic E-state index is 10.9. The van der Waals surface area contributed by atoms with Crippen LogP contribution in [0.1, 0.15) is 24.7 Å². The summed E-state index contributed by atoms with van der Waals surface area (Å²) in [6.07, 6.45) is 2.69. The molecule has 0 spiro atoms. The van der Waals surface area contributed by atoms with Gasteiger partial charge in [0.15, 0.2) is 0 Å². The molecule has 0 bridgehead atoms. The van der Waals surface area contributed by atoms with Gasteiger partial charge in [-0.25, -0.2) is 0 Å². The Morgan fingerprint density at radius 2 is 2.24 bits per heavy atom. The lowest BCUT2D eigenvalue weighted by Crippen LogP contribution is -2.19. The van der Waals surface area contributed by atoms with Gasteiger partial charge in [-0.15, -0.1) is 0 Å². The summed E-state index contributed by atoms with van der Waals surface area (Å²) in [7, 11) is -0.687. The van der Waals surface area contributed by atoms with E-state index in [1.54, 1.807) is 6.26 Å². The molecule has 1 heterocycles. The van der Waals surface area contributed by atoms with Gasteiger partial charge in [0, 0.05) is 35.9 Å². The number of halogens is 1. The molecular formula is C11H20BrN3OS. The zero-order valence-electron chi connectivity index (χ0n) is 10.6. The Morgan fingerprint density at radius 3 is 2.82 bits per heavy atom. The van der Waals surface area contributed by atoms with E-state index in [-0.39, 0.29) is 0 Å². The normalized spacial score (nSPS) is 12.9. The highest BCUT2D eigenvalue weighted by Gasteiger charge is 2.10. The third-order valence-electron chi connectivity index (χ3n) is 2.53. The number of hydrogen-bond donors (Lipinski definition) is 1. The molecule has 1 rings (SSSR count). The summed E-state index contributed by atoms with van der Waals surface area (Å²) in [6, 6.07) is 0. The standard InChI is InChI=1S/C11H20BrN3OS/c1-4-15-10(11(12)9(2)14-15)8-13-6-5-7-17(3)16/h13H,4-8H2,1-3H3. The smallest absolute Gasteiger partial charge is 0.0739 e. The Hall–Kier alpha value is -0.200. The minimum Gasteiger partial charge on any atom is -0.311 e. The Bertz CT molecular complexity index is 392. The van der Waals surface area contributed by atoms with E-state index in [9.17, 15) is 4.21 Å². The number of aryl methyl sites for hydroxylation is 2. The lowest BCUT2D eigenvalue weighted by molar-refractivity contribution is 0.576. The predicted molar refractivity (Wildman–Crippen MR) is 75.6 cm³/mol. The van der Waals surface area contributed by atoms with Gasteiger partial charge in [0.05, 0.1) is 15.9 Å². The largest absolute Gasteiger partial charge is 0.311 e. The average molecular weight is 322 g/mol. The number of nitrogens with zero attached hydrogens (tertiary/aromatic N) is 2. The van der Waals surface area contributed by atoms with Crippen LogP contribution in [0, 0.1) is 6.92 Å². The van der Waals surface area contributed by atoms with Crippen LogP contribution in [0.15, 0.2) is 4.47 Å². The van der Waals surface area contributed by atoms with Gasteiger partial charge in [0.2, 0.25) is 0 Å². The molecule has 0 saturated carbocycles. The van der Waals surface area contributed by atoms with Gasteiger partial charge in [0.1, 0.15) is 0 Å². The second kappa shape index (κ2) is 7.28. The molecule has 1 atom stereocenters. The van der Waals surface area contributed by atoms with Crippen LogP contribution >= 0.6 is 15.9 Å². The summed E-state index contributed by atoms with van der Waals surface area (Å²) < 4.78 is 14.0. The van der Waals surface area contributed by atoms with Crippen LogP contribution in [-0.4, -0.2) is 32.5 Å². The number of nitrogens with one attached hydrogen (secondary N) is 1. The molecule has 0 saturated heterocycles. The van der Waals surface area contributed by atoms with Crippen molar-refractivity contribution in [3.8, 4) is 0 Å². The zero-order valence-corrected chi connectivity index (χ0v) is 13.0. The Balaban J connectivity index is 2.43. The van der Waals surface area contributed by atoms with Crippen molar-refractivity contribution in [3.05, 3.63) is 15.9 Å². The van der Waals surface area contributed by atoms with Crippen molar-refractivity contribution < 1.29 is 4.21 Å². The van der Waals surface area contributed by atoms with Crippen molar-refractivity contribution in [1.82, 2.24) is 15.1 Å². The van der Waals surface area contributed by atoms with Gasteiger partial charge >= 0.3 is 0 Å². The Morgan fingerprint density at radius 1 is 1.53 bits per heavy atom. The lowest BCUT2D eigenvalue weighted by Gasteiger charge is -2.07. The highest BCUT2D eigenvalue weighted by atomic mass is 79.9. The third-order valence-corrected chi connectivity index (χ3v) is 4.43. The number of rotatable bonds is 7. The second-order valence-electron chi connectivity index (χ2n) is 3.97. The highest BCUT2D eigenvalue weighted by molar-refractivity contribution is 9.10. The monoisotopic (exact) mass is 321 g/mol. The summed E-state index contributed by atoms with van der Waals surface area (Å²) in [4.78, 5) is 0.